The molecular formula is C19H13N3O2S2. The van der Waals surface area contributed by atoms with Crippen molar-refractivity contribution in [1.29, 1.82) is 0 Å². The number of amides is 1. The molecule has 0 bridgehead atoms. The van der Waals surface area contributed by atoms with E-state index in [1.165, 1.54) is 6.26 Å². The minimum atomic E-state index is -0.394. The molecule has 2 aromatic heterocycles. The third-order valence-corrected chi connectivity index (χ3v) is 4.92. The molecule has 0 saturated carbocycles. The standard InChI is InChI=1S/C19H13N3O2S2/c23-17(15-8-4-10-24-15)22-19(25)20-13-6-3-5-12(11-13)18-21-14-7-1-2-9-16(14)26-18/h1-11H,(H2,20,22,23,25). The monoisotopic (exact) mass is 379 g/mol. The topological polar surface area (TPSA) is 67.2 Å². The number of hydrogen-bond donors (Lipinski definition) is 2. The molecule has 26 heavy (non-hydrogen) atoms. The van der Waals surface area contributed by atoms with E-state index in [9.17, 15) is 4.79 Å². The van der Waals surface area contributed by atoms with Crippen molar-refractivity contribution in [2.75, 3.05) is 5.32 Å². The molecule has 5 nitrogen and oxygen atoms in total. The third kappa shape index (κ3) is 3.49. The van der Waals surface area contributed by atoms with Gasteiger partial charge in [-0.15, -0.1) is 11.3 Å². The van der Waals surface area contributed by atoms with Gasteiger partial charge >= 0.3 is 0 Å². The van der Waals surface area contributed by atoms with Crippen molar-refractivity contribution in [3.63, 3.8) is 0 Å². The summed E-state index contributed by atoms with van der Waals surface area (Å²) < 4.78 is 6.19. The highest BCUT2D eigenvalue weighted by Gasteiger charge is 2.11. The Bertz CT molecular complexity index is 1050. The summed E-state index contributed by atoms with van der Waals surface area (Å²) in [5.41, 5.74) is 2.73. The smallest absolute Gasteiger partial charge is 0.293 e. The zero-order chi connectivity index (χ0) is 17.9. The molecule has 2 aromatic carbocycles. The SMILES string of the molecule is O=C(NC(=S)Nc1cccc(-c2nc3ccccc3s2)c1)c1ccco1. The number of thiocarbonyl (C=S) groups is 1. The van der Waals surface area contributed by atoms with Crippen LogP contribution in [0.25, 0.3) is 20.8 Å². The van der Waals surface area contributed by atoms with E-state index in [0.29, 0.717) is 0 Å². The van der Waals surface area contributed by atoms with Crippen molar-refractivity contribution in [2.24, 2.45) is 0 Å². The Morgan fingerprint density at radius 3 is 2.77 bits per heavy atom. The summed E-state index contributed by atoms with van der Waals surface area (Å²) in [7, 11) is 0. The van der Waals surface area contributed by atoms with Gasteiger partial charge in [0, 0.05) is 11.3 Å². The average molecular weight is 379 g/mol. The highest BCUT2D eigenvalue weighted by molar-refractivity contribution is 7.80. The van der Waals surface area contributed by atoms with Gasteiger partial charge in [-0.1, -0.05) is 24.3 Å². The molecule has 1 amide bonds. The molecular weight excluding hydrogens is 366 g/mol. The van der Waals surface area contributed by atoms with Gasteiger partial charge in [0.25, 0.3) is 5.91 Å². The van der Waals surface area contributed by atoms with Crippen LogP contribution in [0.4, 0.5) is 5.69 Å². The fraction of sp³-hybridized carbons (Fsp3) is 0. The van der Waals surface area contributed by atoms with E-state index >= 15 is 0 Å². The van der Waals surface area contributed by atoms with Crippen LogP contribution in [0.3, 0.4) is 0 Å². The van der Waals surface area contributed by atoms with Crippen LogP contribution in [0.15, 0.2) is 71.3 Å². The number of para-hydroxylation sites is 1. The molecule has 0 radical (unpaired) electrons. The number of anilines is 1. The van der Waals surface area contributed by atoms with E-state index in [1.54, 1.807) is 23.5 Å². The van der Waals surface area contributed by atoms with Gasteiger partial charge in [0.2, 0.25) is 0 Å². The second-order valence-electron chi connectivity index (χ2n) is 5.45. The van der Waals surface area contributed by atoms with Gasteiger partial charge in [0.05, 0.1) is 16.5 Å². The van der Waals surface area contributed by atoms with Crippen molar-refractivity contribution < 1.29 is 9.21 Å². The Morgan fingerprint density at radius 2 is 1.96 bits per heavy atom. The number of carbonyl (C=O) groups is 1. The average Bonchev–Trinajstić information content (AvgIpc) is 3.31. The number of rotatable bonds is 3. The molecule has 0 fully saturated rings. The summed E-state index contributed by atoms with van der Waals surface area (Å²) in [6.07, 6.45) is 1.44. The number of furan rings is 1. The van der Waals surface area contributed by atoms with Gasteiger partial charge < -0.3 is 9.73 Å². The predicted octanol–water partition coefficient (Wildman–Crippen LogP) is 4.68. The van der Waals surface area contributed by atoms with Crippen LogP contribution in [-0.4, -0.2) is 16.0 Å². The number of thiazole rings is 1. The minimum Gasteiger partial charge on any atom is -0.459 e. The van der Waals surface area contributed by atoms with Crippen molar-refractivity contribution in [1.82, 2.24) is 10.3 Å². The molecule has 4 aromatic rings. The maximum Gasteiger partial charge on any atom is 0.293 e. The number of nitrogens with one attached hydrogen (secondary N) is 2. The number of nitrogens with zero attached hydrogens (tertiary/aromatic N) is 1. The minimum absolute atomic E-state index is 0.202. The lowest BCUT2D eigenvalue weighted by Crippen LogP contribution is -2.33. The normalized spacial score (nSPS) is 10.6. The first-order chi connectivity index (χ1) is 12.7. The Labute approximate surface area is 158 Å². The summed E-state index contributed by atoms with van der Waals surface area (Å²) in [5, 5.41) is 6.73. The predicted molar refractivity (Wildman–Crippen MR) is 107 cm³/mol. The maximum absolute atomic E-state index is 12.0. The van der Waals surface area contributed by atoms with Crippen LogP contribution in [-0.2, 0) is 0 Å². The Morgan fingerprint density at radius 1 is 1.08 bits per heavy atom. The highest BCUT2D eigenvalue weighted by Crippen LogP contribution is 2.31. The lowest BCUT2D eigenvalue weighted by molar-refractivity contribution is 0.0950. The van der Waals surface area contributed by atoms with Gasteiger partial charge in [-0.2, -0.15) is 0 Å². The molecule has 0 unspecified atom stereocenters. The number of aromatic nitrogens is 1. The number of fused-ring (bicyclic) bond motifs is 1. The Kier molecular flexibility index (Phi) is 4.47. The largest absolute Gasteiger partial charge is 0.459 e. The summed E-state index contributed by atoms with van der Waals surface area (Å²) in [6.45, 7) is 0. The zero-order valence-corrected chi connectivity index (χ0v) is 15.1. The van der Waals surface area contributed by atoms with Gasteiger partial charge in [-0.25, -0.2) is 4.98 Å². The Hall–Kier alpha value is -3.03. The highest BCUT2D eigenvalue weighted by atomic mass is 32.1. The molecule has 4 rings (SSSR count). The molecule has 0 aliphatic heterocycles. The number of benzene rings is 2. The van der Waals surface area contributed by atoms with Crippen LogP contribution in [0.2, 0.25) is 0 Å². The van der Waals surface area contributed by atoms with Crippen molar-refractivity contribution in [3.8, 4) is 10.6 Å². The maximum atomic E-state index is 12.0. The van der Waals surface area contributed by atoms with E-state index < -0.39 is 5.91 Å². The van der Waals surface area contributed by atoms with Crippen LogP contribution < -0.4 is 10.6 Å². The van der Waals surface area contributed by atoms with Crippen LogP contribution in [0.5, 0.6) is 0 Å². The third-order valence-electron chi connectivity index (χ3n) is 3.63. The van der Waals surface area contributed by atoms with Crippen molar-refractivity contribution in [2.45, 2.75) is 0 Å². The summed E-state index contributed by atoms with van der Waals surface area (Å²) in [6, 6.07) is 19.0. The van der Waals surface area contributed by atoms with Gasteiger partial charge in [0.15, 0.2) is 10.9 Å². The van der Waals surface area contributed by atoms with E-state index in [2.05, 4.69) is 21.7 Å². The lowest BCUT2D eigenvalue weighted by Gasteiger charge is -2.09. The van der Waals surface area contributed by atoms with Gasteiger partial charge in [-0.3, -0.25) is 10.1 Å². The van der Waals surface area contributed by atoms with E-state index in [-0.39, 0.29) is 10.9 Å². The fourth-order valence-electron chi connectivity index (χ4n) is 2.46. The fourth-order valence-corrected chi connectivity index (χ4v) is 3.63. The summed E-state index contributed by atoms with van der Waals surface area (Å²) in [5.74, 6) is -0.188. The first kappa shape index (κ1) is 16.4. The molecule has 0 spiro atoms. The van der Waals surface area contributed by atoms with Crippen LogP contribution in [0.1, 0.15) is 10.6 Å². The van der Waals surface area contributed by atoms with Crippen LogP contribution >= 0.6 is 23.6 Å². The number of carbonyl (C=O) groups excluding carboxylic acids is 1. The molecule has 2 heterocycles. The first-order valence-corrected chi connectivity index (χ1v) is 9.03. The Balaban J connectivity index is 1.50. The number of hydrogen-bond acceptors (Lipinski definition) is 5. The molecule has 0 aliphatic carbocycles. The van der Waals surface area contributed by atoms with E-state index in [0.717, 1.165) is 26.5 Å². The molecule has 7 heteroatoms. The first-order valence-electron chi connectivity index (χ1n) is 7.81. The second kappa shape index (κ2) is 7.07. The molecule has 0 atom stereocenters. The molecule has 0 aliphatic rings. The summed E-state index contributed by atoms with van der Waals surface area (Å²) in [4.78, 5) is 16.6. The van der Waals surface area contributed by atoms with Gasteiger partial charge in [-0.05, 0) is 48.6 Å². The van der Waals surface area contributed by atoms with Gasteiger partial charge in [0.1, 0.15) is 5.01 Å². The summed E-state index contributed by atoms with van der Waals surface area (Å²) >= 11 is 6.83. The second-order valence-corrected chi connectivity index (χ2v) is 6.89. The molecule has 128 valence electrons. The van der Waals surface area contributed by atoms with E-state index in [1.807, 2.05) is 42.5 Å². The molecule has 2 N–H and O–H groups in total. The lowest BCUT2D eigenvalue weighted by atomic mass is 10.2. The molecule has 0 saturated heterocycles. The zero-order valence-electron chi connectivity index (χ0n) is 13.4. The van der Waals surface area contributed by atoms with E-state index in [4.69, 9.17) is 16.6 Å². The quantitative estimate of drug-likeness (QED) is 0.506. The van der Waals surface area contributed by atoms with Crippen LogP contribution in [0, 0.1) is 0 Å². The van der Waals surface area contributed by atoms with Crippen molar-refractivity contribution >= 4 is 50.5 Å². The van der Waals surface area contributed by atoms with Crippen molar-refractivity contribution in [3.05, 3.63) is 72.7 Å².